The first-order chi connectivity index (χ1) is 10.5. The summed E-state index contributed by atoms with van der Waals surface area (Å²) in [7, 11) is 0. The van der Waals surface area contributed by atoms with Gasteiger partial charge in [0.2, 0.25) is 5.91 Å². The number of halogens is 2. The Morgan fingerprint density at radius 1 is 1.32 bits per heavy atom. The highest BCUT2D eigenvalue weighted by Gasteiger charge is 2.48. The molecule has 1 saturated carbocycles. The van der Waals surface area contributed by atoms with Crippen molar-refractivity contribution in [1.82, 2.24) is 4.90 Å². The number of nitrogens with zero attached hydrogens (tertiary/aromatic N) is 1. The van der Waals surface area contributed by atoms with Crippen molar-refractivity contribution in [3.63, 3.8) is 0 Å². The zero-order chi connectivity index (χ0) is 15.9. The van der Waals surface area contributed by atoms with Gasteiger partial charge in [0.15, 0.2) is 6.04 Å². The molecule has 1 N–H and O–H groups in total. The van der Waals surface area contributed by atoms with E-state index in [4.69, 9.17) is 27.9 Å². The van der Waals surface area contributed by atoms with Gasteiger partial charge in [0.25, 0.3) is 0 Å². The molecule has 22 heavy (non-hydrogen) atoms. The molecule has 2 aliphatic rings. The van der Waals surface area contributed by atoms with E-state index in [0.717, 1.165) is 5.56 Å². The van der Waals surface area contributed by atoms with Gasteiger partial charge in [0, 0.05) is 22.5 Å². The van der Waals surface area contributed by atoms with Crippen molar-refractivity contribution < 1.29 is 19.4 Å². The average Bonchev–Trinajstić information content (AvgIpc) is 3.26. The van der Waals surface area contributed by atoms with Crippen LogP contribution in [0.4, 0.5) is 0 Å². The van der Waals surface area contributed by atoms with Gasteiger partial charge >= 0.3 is 5.97 Å². The maximum atomic E-state index is 12.6. The Balaban J connectivity index is 1.73. The second-order valence-corrected chi connectivity index (χ2v) is 6.42. The number of hydrogen-bond acceptors (Lipinski definition) is 3. The lowest BCUT2D eigenvalue weighted by atomic mass is 10.1. The molecule has 1 aliphatic heterocycles. The molecule has 1 heterocycles. The fraction of sp³-hybridized carbons (Fsp3) is 0.467. The van der Waals surface area contributed by atoms with Crippen LogP contribution >= 0.6 is 23.2 Å². The topological polar surface area (TPSA) is 66.8 Å². The fourth-order valence-electron chi connectivity index (χ4n) is 2.90. The molecule has 2 fully saturated rings. The number of ether oxygens (including phenoxy) is 1. The van der Waals surface area contributed by atoms with Crippen LogP contribution in [0.5, 0.6) is 0 Å². The molecular weight excluding hydrogens is 329 g/mol. The van der Waals surface area contributed by atoms with Crippen LogP contribution in [0.1, 0.15) is 17.9 Å². The normalized spacial score (nSPS) is 27.5. The summed E-state index contributed by atoms with van der Waals surface area (Å²) in [5, 5.41) is 10.3. The lowest BCUT2D eigenvalue weighted by Crippen LogP contribution is -2.53. The largest absolute Gasteiger partial charge is 0.480 e. The Kier molecular flexibility index (Phi) is 4.30. The van der Waals surface area contributed by atoms with Crippen molar-refractivity contribution in [3.8, 4) is 0 Å². The van der Waals surface area contributed by atoms with E-state index in [1.54, 1.807) is 12.1 Å². The minimum atomic E-state index is -1.03. The SMILES string of the molecule is O=C(O)[C@@H]1COCCN1C(=O)[C@H]1C[C@@H]1c1ccc(Cl)cc1Cl. The monoisotopic (exact) mass is 343 g/mol. The number of benzene rings is 1. The predicted octanol–water partition coefficient (Wildman–Crippen LogP) is 2.41. The number of carboxylic acid groups (broad SMARTS) is 1. The molecule has 0 unspecified atom stereocenters. The number of morpholine rings is 1. The van der Waals surface area contributed by atoms with Crippen molar-refractivity contribution in [3.05, 3.63) is 33.8 Å². The zero-order valence-electron chi connectivity index (χ0n) is 11.7. The van der Waals surface area contributed by atoms with Crippen LogP contribution < -0.4 is 0 Å². The van der Waals surface area contributed by atoms with E-state index in [9.17, 15) is 14.7 Å². The van der Waals surface area contributed by atoms with Crippen LogP contribution in [0.25, 0.3) is 0 Å². The quantitative estimate of drug-likeness (QED) is 0.915. The van der Waals surface area contributed by atoms with E-state index in [0.29, 0.717) is 29.6 Å². The number of rotatable bonds is 3. The fourth-order valence-corrected chi connectivity index (χ4v) is 3.45. The second kappa shape index (κ2) is 6.07. The molecule has 7 heteroatoms. The number of aliphatic carboxylic acids is 1. The number of carbonyl (C=O) groups excluding carboxylic acids is 1. The van der Waals surface area contributed by atoms with E-state index in [1.807, 2.05) is 6.07 Å². The maximum absolute atomic E-state index is 12.6. The van der Waals surface area contributed by atoms with Crippen molar-refractivity contribution >= 4 is 35.1 Å². The standard InChI is InChI=1S/C15H15Cl2NO4/c16-8-1-2-9(12(17)5-8)10-6-11(10)14(19)18-3-4-22-7-13(18)15(20)21/h1-2,5,10-11,13H,3-4,6-7H2,(H,20,21)/t10-,11+,13+/m1/s1. The van der Waals surface area contributed by atoms with Gasteiger partial charge < -0.3 is 14.7 Å². The van der Waals surface area contributed by atoms with Gasteiger partial charge in [-0.25, -0.2) is 4.79 Å². The molecule has 1 amide bonds. The Morgan fingerprint density at radius 2 is 2.09 bits per heavy atom. The summed E-state index contributed by atoms with van der Waals surface area (Å²) < 4.78 is 5.16. The van der Waals surface area contributed by atoms with E-state index in [2.05, 4.69) is 0 Å². The van der Waals surface area contributed by atoms with Crippen LogP contribution in [0, 0.1) is 5.92 Å². The van der Waals surface area contributed by atoms with Gasteiger partial charge in [-0.05, 0) is 30.0 Å². The van der Waals surface area contributed by atoms with E-state index in [-0.39, 0.29) is 24.3 Å². The Bertz CT molecular complexity index is 622. The third-order valence-corrected chi connectivity index (χ3v) is 4.73. The van der Waals surface area contributed by atoms with Crippen molar-refractivity contribution in [1.29, 1.82) is 0 Å². The summed E-state index contributed by atoms with van der Waals surface area (Å²) in [6, 6.07) is 4.34. The molecule has 0 bridgehead atoms. The molecule has 1 aromatic carbocycles. The molecule has 0 aromatic heterocycles. The Hall–Kier alpha value is -1.30. The molecule has 5 nitrogen and oxygen atoms in total. The molecule has 3 rings (SSSR count). The van der Waals surface area contributed by atoms with Crippen LogP contribution in [-0.4, -0.2) is 47.7 Å². The number of carboxylic acids is 1. The lowest BCUT2D eigenvalue weighted by Gasteiger charge is -2.33. The second-order valence-electron chi connectivity index (χ2n) is 5.58. The summed E-state index contributed by atoms with van der Waals surface area (Å²) in [6.07, 6.45) is 0.684. The van der Waals surface area contributed by atoms with Crippen molar-refractivity contribution in [2.45, 2.75) is 18.4 Å². The summed E-state index contributed by atoms with van der Waals surface area (Å²) >= 11 is 12.1. The Labute approximate surface area is 137 Å². The van der Waals surface area contributed by atoms with Crippen LogP contribution in [-0.2, 0) is 14.3 Å². The minimum absolute atomic E-state index is 0.0366. The minimum Gasteiger partial charge on any atom is -0.480 e. The maximum Gasteiger partial charge on any atom is 0.328 e. The van der Waals surface area contributed by atoms with E-state index >= 15 is 0 Å². The van der Waals surface area contributed by atoms with Gasteiger partial charge in [0.1, 0.15) is 0 Å². The zero-order valence-corrected chi connectivity index (χ0v) is 13.2. The van der Waals surface area contributed by atoms with Crippen LogP contribution in [0.3, 0.4) is 0 Å². The van der Waals surface area contributed by atoms with Gasteiger partial charge in [-0.3, -0.25) is 4.79 Å². The van der Waals surface area contributed by atoms with Crippen molar-refractivity contribution in [2.24, 2.45) is 5.92 Å². The Morgan fingerprint density at radius 3 is 2.77 bits per heavy atom. The highest BCUT2D eigenvalue weighted by molar-refractivity contribution is 6.35. The van der Waals surface area contributed by atoms with E-state index < -0.39 is 12.0 Å². The smallest absolute Gasteiger partial charge is 0.328 e. The number of carbonyl (C=O) groups is 2. The van der Waals surface area contributed by atoms with Gasteiger partial charge in [-0.15, -0.1) is 0 Å². The highest BCUT2D eigenvalue weighted by atomic mass is 35.5. The number of hydrogen-bond donors (Lipinski definition) is 1. The lowest BCUT2D eigenvalue weighted by molar-refractivity contribution is -0.158. The van der Waals surface area contributed by atoms with Crippen molar-refractivity contribution in [2.75, 3.05) is 19.8 Å². The molecule has 1 aliphatic carbocycles. The molecular formula is C15H15Cl2NO4. The summed E-state index contributed by atoms with van der Waals surface area (Å²) in [4.78, 5) is 25.2. The van der Waals surface area contributed by atoms with E-state index in [1.165, 1.54) is 4.90 Å². The predicted molar refractivity (Wildman–Crippen MR) is 81.3 cm³/mol. The highest BCUT2D eigenvalue weighted by Crippen LogP contribution is 2.51. The third kappa shape index (κ3) is 2.93. The summed E-state index contributed by atoms with van der Waals surface area (Å²) in [5.74, 6) is -1.34. The molecule has 118 valence electrons. The van der Waals surface area contributed by atoms with Crippen LogP contribution in [0.15, 0.2) is 18.2 Å². The molecule has 1 saturated heterocycles. The summed E-state index contributed by atoms with van der Waals surface area (Å²) in [6.45, 7) is 0.724. The van der Waals surface area contributed by atoms with Gasteiger partial charge in [-0.2, -0.15) is 0 Å². The average molecular weight is 344 g/mol. The molecule has 1 aromatic rings. The number of amides is 1. The summed E-state index contributed by atoms with van der Waals surface area (Å²) in [5.41, 5.74) is 0.893. The van der Waals surface area contributed by atoms with Crippen LogP contribution in [0.2, 0.25) is 10.0 Å². The molecule has 0 spiro atoms. The third-order valence-electron chi connectivity index (χ3n) is 4.17. The molecule has 0 radical (unpaired) electrons. The van der Waals surface area contributed by atoms with Gasteiger partial charge in [0.05, 0.1) is 13.2 Å². The first-order valence-electron chi connectivity index (χ1n) is 7.05. The van der Waals surface area contributed by atoms with Gasteiger partial charge in [-0.1, -0.05) is 29.3 Å². The first kappa shape index (κ1) is 15.6. The first-order valence-corrected chi connectivity index (χ1v) is 7.80. The molecule has 3 atom stereocenters.